The molecule has 2 rings (SSSR count). The molecule has 0 radical (unpaired) electrons. The van der Waals surface area contributed by atoms with Crippen molar-refractivity contribution in [2.24, 2.45) is 0 Å². The Hall–Kier alpha value is -0.880. The Kier molecular flexibility index (Phi) is 4.99. The summed E-state index contributed by atoms with van der Waals surface area (Å²) >= 11 is 0. The maximum Gasteiger partial charge on any atom is 0.238 e. The topological polar surface area (TPSA) is 75.3 Å². The van der Waals surface area contributed by atoms with E-state index in [0.29, 0.717) is 19.4 Å². The first kappa shape index (κ1) is 14.5. The van der Waals surface area contributed by atoms with Crippen molar-refractivity contribution in [1.82, 2.24) is 10.6 Å². The Morgan fingerprint density at radius 3 is 2.95 bits per heavy atom. The Bertz CT molecular complexity index is 457. The molecule has 2 heterocycles. The molecule has 108 valence electrons. The molecule has 1 amide bonds. The normalized spacial score (nSPS) is 26.5. The van der Waals surface area contributed by atoms with E-state index in [1.54, 1.807) is 0 Å². The Labute approximate surface area is 114 Å². The van der Waals surface area contributed by atoms with Crippen LogP contribution in [-0.2, 0) is 14.6 Å². The molecule has 2 N–H and O–H groups in total. The largest absolute Gasteiger partial charge is 0.355 e. The number of nitrogens with one attached hydrogen (secondary N) is 2. The summed E-state index contributed by atoms with van der Waals surface area (Å²) in [7, 11) is -3.21. The first-order valence-electron chi connectivity index (χ1n) is 6.97. The Morgan fingerprint density at radius 2 is 2.26 bits per heavy atom. The van der Waals surface area contributed by atoms with E-state index in [1.807, 2.05) is 0 Å². The molecular formula is C13H22N2O3S. The fourth-order valence-electron chi connectivity index (χ4n) is 2.61. The average molecular weight is 286 g/mol. The molecule has 0 aromatic heterocycles. The number of hydrogen-bond donors (Lipinski definition) is 2. The molecule has 1 atom stereocenters. The number of hydrogen-bond acceptors (Lipinski definition) is 4. The molecule has 1 saturated heterocycles. The molecule has 2 aliphatic rings. The van der Waals surface area contributed by atoms with Crippen LogP contribution in [0.2, 0.25) is 0 Å². The lowest BCUT2D eigenvalue weighted by Crippen LogP contribution is -2.43. The summed E-state index contributed by atoms with van der Waals surface area (Å²) in [5, 5.41) is 5.19. The second kappa shape index (κ2) is 6.52. The van der Waals surface area contributed by atoms with Crippen molar-refractivity contribution < 1.29 is 13.2 Å². The maximum atomic E-state index is 11.9. The zero-order valence-electron chi connectivity index (χ0n) is 11.2. The molecule has 1 fully saturated rings. The summed E-state index contributed by atoms with van der Waals surface area (Å²) in [6.45, 7) is 2.41. The van der Waals surface area contributed by atoms with Gasteiger partial charge in [-0.25, -0.2) is 8.42 Å². The van der Waals surface area contributed by atoms with Crippen molar-refractivity contribution in [3.8, 4) is 0 Å². The van der Waals surface area contributed by atoms with E-state index in [2.05, 4.69) is 16.7 Å². The van der Waals surface area contributed by atoms with Gasteiger partial charge >= 0.3 is 0 Å². The first-order chi connectivity index (χ1) is 9.09. The fraction of sp³-hybridized carbons (Fsp3) is 0.769. The number of amides is 1. The van der Waals surface area contributed by atoms with Crippen LogP contribution in [0.5, 0.6) is 0 Å². The van der Waals surface area contributed by atoms with E-state index in [4.69, 9.17) is 0 Å². The highest BCUT2D eigenvalue weighted by Crippen LogP contribution is 2.19. The van der Waals surface area contributed by atoms with Crippen LogP contribution in [0, 0.1) is 0 Å². The van der Waals surface area contributed by atoms with Crippen LogP contribution in [0.15, 0.2) is 11.6 Å². The molecule has 6 heteroatoms. The van der Waals surface area contributed by atoms with Gasteiger partial charge in [0.1, 0.15) is 5.25 Å². The Morgan fingerprint density at radius 1 is 1.42 bits per heavy atom. The fourth-order valence-corrected chi connectivity index (χ4v) is 4.43. The number of carbonyl (C=O) groups is 1. The van der Waals surface area contributed by atoms with Crippen molar-refractivity contribution in [1.29, 1.82) is 0 Å². The van der Waals surface area contributed by atoms with E-state index >= 15 is 0 Å². The molecule has 5 nitrogen and oxygen atoms in total. The average Bonchev–Trinajstić information content (AvgIpc) is 2.39. The summed E-state index contributed by atoms with van der Waals surface area (Å²) in [6.07, 6.45) is 5.96. The van der Waals surface area contributed by atoms with Crippen LogP contribution >= 0.6 is 0 Å². The first-order valence-corrected chi connectivity index (χ1v) is 8.69. The highest BCUT2D eigenvalue weighted by atomic mass is 32.2. The number of rotatable bonds is 4. The monoisotopic (exact) mass is 286 g/mol. The second-order valence-electron chi connectivity index (χ2n) is 5.21. The highest BCUT2D eigenvalue weighted by Gasteiger charge is 2.34. The molecule has 1 unspecified atom stereocenters. The SMILES string of the molecule is O=C(NCCC1=CCNCC1)C1CCCCS1(=O)=O. The third-order valence-corrected chi connectivity index (χ3v) is 5.95. The minimum atomic E-state index is -3.21. The van der Waals surface area contributed by atoms with Crippen molar-refractivity contribution in [3.63, 3.8) is 0 Å². The van der Waals surface area contributed by atoms with E-state index in [0.717, 1.165) is 32.4 Å². The minimum Gasteiger partial charge on any atom is -0.355 e. The van der Waals surface area contributed by atoms with Gasteiger partial charge in [-0.3, -0.25) is 4.79 Å². The van der Waals surface area contributed by atoms with E-state index in [9.17, 15) is 13.2 Å². The van der Waals surface area contributed by atoms with Crippen LogP contribution in [0.3, 0.4) is 0 Å². The third kappa shape index (κ3) is 4.04. The molecule has 0 aromatic rings. The summed E-state index contributed by atoms with van der Waals surface area (Å²) in [6, 6.07) is 0. The van der Waals surface area contributed by atoms with Crippen molar-refractivity contribution in [3.05, 3.63) is 11.6 Å². The van der Waals surface area contributed by atoms with Gasteiger partial charge < -0.3 is 10.6 Å². The van der Waals surface area contributed by atoms with E-state index in [-0.39, 0.29) is 11.7 Å². The van der Waals surface area contributed by atoms with Crippen molar-refractivity contribution in [2.75, 3.05) is 25.4 Å². The lowest BCUT2D eigenvalue weighted by molar-refractivity contribution is -0.120. The molecule has 2 aliphatic heterocycles. The summed E-state index contributed by atoms with van der Waals surface area (Å²) in [5.41, 5.74) is 1.34. The van der Waals surface area contributed by atoms with Gasteiger partial charge in [0.05, 0.1) is 5.75 Å². The molecule has 0 bridgehead atoms. The Balaban J connectivity index is 1.79. The maximum absolute atomic E-state index is 11.9. The van der Waals surface area contributed by atoms with Crippen LogP contribution in [0.1, 0.15) is 32.1 Å². The van der Waals surface area contributed by atoms with Gasteiger partial charge in [0.15, 0.2) is 9.84 Å². The third-order valence-electron chi connectivity index (χ3n) is 3.77. The molecular weight excluding hydrogens is 264 g/mol. The predicted molar refractivity (Wildman–Crippen MR) is 74.6 cm³/mol. The summed E-state index contributed by atoms with van der Waals surface area (Å²) in [4.78, 5) is 11.9. The van der Waals surface area contributed by atoms with E-state index in [1.165, 1.54) is 5.57 Å². The molecule has 19 heavy (non-hydrogen) atoms. The number of sulfone groups is 1. The zero-order valence-corrected chi connectivity index (χ0v) is 12.0. The van der Waals surface area contributed by atoms with Crippen LogP contribution in [0.25, 0.3) is 0 Å². The standard InChI is InChI=1S/C13H22N2O3S/c16-13(12-3-1-2-10-19(12,17)18)15-9-6-11-4-7-14-8-5-11/h4,12,14H,1-3,5-10H2,(H,15,16). The highest BCUT2D eigenvalue weighted by molar-refractivity contribution is 7.92. The quantitative estimate of drug-likeness (QED) is 0.733. The molecule has 0 aliphatic carbocycles. The van der Waals surface area contributed by atoms with E-state index < -0.39 is 15.1 Å². The van der Waals surface area contributed by atoms with Gasteiger partial charge in [-0.15, -0.1) is 0 Å². The van der Waals surface area contributed by atoms with Gasteiger partial charge in [0.25, 0.3) is 0 Å². The van der Waals surface area contributed by atoms with Crippen molar-refractivity contribution in [2.45, 2.75) is 37.4 Å². The molecule has 0 aromatic carbocycles. The van der Waals surface area contributed by atoms with Gasteiger partial charge in [-0.2, -0.15) is 0 Å². The van der Waals surface area contributed by atoms with Gasteiger partial charge in [0.2, 0.25) is 5.91 Å². The smallest absolute Gasteiger partial charge is 0.238 e. The van der Waals surface area contributed by atoms with Crippen LogP contribution in [-0.4, -0.2) is 45.0 Å². The molecule has 0 saturated carbocycles. The molecule has 0 spiro atoms. The summed E-state index contributed by atoms with van der Waals surface area (Å²) < 4.78 is 23.6. The van der Waals surface area contributed by atoms with Gasteiger partial charge in [0, 0.05) is 13.1 Å². The lowest BCUT2D eigenvalue weighted by atomic mass is 10.1. The van der Waals surface area contributed by atoms with Crippen molar-refractivity contribution >= 4 is 15.7 Å². The van der Waals surface area contributed by atoms with Gasteiger partial charge in [-0.05, 0) is 32.2 Å². The summed E-state index contributed by atoms with van der Waals surface area (Å²) in [5.74, 6) is -0.156. The second-order valence-corrected chi connectivity index (χ2v) is 7.51. The predicted octanol–water partition coefficient (Wildman–Crippen LogP) is 0.380. The lowest BCUT2D eigenvalue weighted by Gasteiger charge is -2.21. The van der Waals surface area contributed by atoms with Crippen LogP contribution in [0.4, 0.5) is 0 Å². The number of carbonyl (C=O) groups excluding carboxylic acids is 1. The van der Waals surface area contributed by atoms with Gasteiger partial charge in [-0.1, -0.05) is 18.1 Å². The zero-order chi connectivity index (χ0) is 13.7. The minimum absolute atomic E-state index is 0.155. The van der Waals surface area contributed by atoms with Crippen LogP contribution < -0.4 is 10.6 Å².